The third kappa shape index (κ3) is 5.53. The van der Waals surface area contributed by atoms with E-state index < -0.39 is 29.9 Å². The predicted molar refractivity (Wildman–Crippen MR) is 144 cm³/mol. The molecule has 13 heteroatoms. The summed E-state index contributed by atoms with van der Waals surface area (Å²) < 4.78 is 5.81. The average Bonchev–Trinajstić information content (AvgIpc) is 3.38. The molecule has 4 rings (SSSR count). The zero-order chi connectivity index (χ0) is 27.2. The summed E-state index contributed by atoms with van der Waals surface area (Å²) in [6.07, 6.45) is 0. The molecule has 198 valence electrons. The van der Waals surface area contributed by atoms with E-state index in [1.165, 1.54) is 28.3 Å². The number of nitrogens with one attached hydrogen (secondary N) is 1. The third-order valence-electron chi connectivity index (χ3n) is 5.92. The fourth-order valence-corrected chi connectivity index (χ4v) is 5.49. The number of urea groups is 1. The van der Waals surface area contributed by atoms with Gasteiger partial charge in [-0.1, -0.05) is 44.0 Å². The number of ether oxygens (including phenoxy) is 1. The molecule has 1 aromatic heterocycles. The number of anilines is 1. The van der Waals surface area contributed by atoms with Gasteiger partial charge in [0.05, 0.1) is 28.1 Å². The van der Waals surface area contributed by atoms with Gasteiger partial charge in [-0.15, -0.1) is 11.3 Å². The zero-order valence-corrected chi connectivity index (χ0v) is 23.7. The summed E-state index contributed by atoms with van der Waals surface area (Å²) in [6.45, 7) is 8.17. The SMILES string of the molecule is CC1=NN(CC(=O)Nc2nc(-c3cc(Cl)c(OCC(C)(C)C)c(Cl)c3)cs2)C2C(=O)N(C)C(=O)N(C)C12. The summed E-state index contributed by atoms with van der Waals surface area (Å²) in [5.74, 6) is -0.377. The first-order chi connectivity index (χ1) is 17.3. The summed E-state index contributed by atoms with van der Waals surface area (Å²) in [5.41, 5.74) is 1.81. The van der Waals surface area contributed by atoms with Crippen molar-refractivity contribution in [1.29, 1.82) is 0 Å². The van der Waals surface area contributed by atoms with Crippen LogP contribution in [0.1, 0.15) is 27.7 Å². The van der Waals surface area contributed by atoms with Crippen molar-refractivity contribution in [2.24, 2.45) is 10.5 Å². The number of imide groups is 1. The maximum Gasteiger partial charge on any atom is 0.326 e. The van der Waals surface area contributed by atoms with Crippen LogP contribution < -0.4 is 10.1 Å². The van der Waals surface area contributed by atoms with Crippen LogP contribution in [0.25, 0.3) is 11.3 Å². The largest absolute Gasteiger partial charge is 0.490 e. The summed E-state index contributed by atoms with van der Waals surface area (Å²) >= 11 is 14.1. The summed E-state index contributed by atoms with van der Waals surface area (Å²) in [6, 6.07) is 1.76. The van der Waals surface area contributed by atoms with E-state index in [0.29, 0.717) is 44.5 Å². The molecular formula is C24H28Cl2N6O4S. The molecule has 2 aliphatic heterocycles. The molecule has 1 N–H and O–H groups in total. The van der Waals surface area contributed by atoms with E-state index in [9.17, 15) is 14.4 Å². The Bertz CT molecular complexity index is 1270. The lowest BCUT2D eigenvalue weighted by molar-refractivity contribution is -0.137. The van der Waals surface area contributed by atoms with Crippen LogP contribution in [-0.2, 0) is 9.59 Å². The number of carbonyl (C=O) groups excluding carboxylic acids is 3. The summed E-state index contributed by atoms with van der Waals surface area (Å²) in [5, 5.41) is 11.4. The highest BCUT2D eigenvalue weighted by atomic mass is 35.5. The number of benzene rings is 1. The van der Waals surface area contributed by atoms with Gasteiger partial charge in [0.15, 0.2) is 16.9 Å². The highest BCUT2D eigenvalue weighted by Gasteiger charge is 2.51. The molecule has 1 saturated heterocycles. The molecule has 1 fully saturated rings. The molecule has 3 heterocycles. The van der Waals surface area contributed by atoms with Crippen LogP contribution in [-0.4, -0.2) is 82.7 Å². The minimum absolute atomic E-state index is 0.0547. The first kappa shape index (κ1) is 27.2. The van der Waals surface area contributed by atoms with Crippen LogP contribution in [0.2, 0.25) is 10.0 Å². The number of hydrazone groups is 1. The van der Waals surface area contributed by atoms with Crippen LogP contribution in [0.15, 0.2) is 22.6 Å². The maximum atomic E-state index is 12.8. The molecular weight excluding hydrogens is 539 g/mol. The molecule has 2 aliphatic rings. The lowest BCUT2D eigenvalue weighted by Crippen LogP contribution is -2.65. The van der Waals surface area contributed by atoms with Gasteiger partial charge in [-0.2, -0.15) is 5.10 Å². The molecule has 0 spiro atoms. The van der Waals surface area contributed by atoms with Gasteiger partial charge in [0.2, 0.25) is 5.91 Å². The number of carbonyl (C=O) groups is 3. The number of nitrogens with zero attached hydrogens (tertiary/aromatic N) is 5. The Morgan fingerprint density at radius 1 is 1.16 bits per heavy atom. The van der Waals surface area contributed by atoms with E-state index in [1.807, 2.05) is 0 Å². The van der Waals surface area contributed by atoms with Crippen molar-refractivity contribution >= 4 is 63.2 Å². The summed E-state index contributed by atoms with van der Waals surface area (Å²) in [7, 11) is 3.03. The first-order valence-corrected chi connectivity index (χ1v) is 13.1. The molecule has 2 atom stereocenters. The highest BCUT2D eigenvalue weighted by Crippen LogP contribution is 2.39. The van der Waals surface area contributed by atoms with Crippen LogP contribution in [0.5, 0.6) is 5.75 Å². The monoisotopic (exact) mass is 566 g/mol. The van der Waals surface area contributed by atoms with E-state index in [2.05, 4.69) is 36.2 Å². The molecule has 0 saturated carbocycles. The molecule has 10 nitrogen and oxygen atoms in total. The lowest BCUT2D eigenvalue weighted by atomic mass is 9.99. The second-order valence-electron chi connectivity index (χ2n) is 10.2. The van der Waals surface area contributed by atoms with E-state index in [4.69, 9.17) is 27.9 Å². The predicted octanol–water partition coefficient (Wildman–Crippen LogP) is 4.43. The molecule has 1 aromatic carbocycles. The minimum atomic E-state index is -0.756. The van der Waals surface area contributed by atoms with Crippen molar-refractivity contribution in [2.45, 2.75) is 39.8 Å². The number of rotatable bonds is 6. The molecule has 0 aliphatic carbocycles. The van der Waals surface area contributed by atoms with Gasteiger partial charge in [0, 0.05) is 25.0 Å². The van der Waals surface area contributed by atoms with E-state index in [0.717, 1.165) is 4.90 Å². The number of halogens is 2. The van der Waals surface area contributed by atoms with Gasteiger partial charge in [-0.05, 0) is 24.5 Å². The maximum absolute atomic E-state index is 12.8. The molecule has 37 heavy (non-hydrogen) atoms. The molecule has 0 radical (unpaired) electrons. The quantitative estimate of drug-likeness (QED) is 0.554. The highest BCUT2D eigenvalue weighted by molar-refractivity contribution is 7.14. The Morgan fingerprint density at radius 3 is 2.43 bits per heavy atom. The van der Waals surface area contributed by atoms with E-state index >= 15 is 0 Å². The van der Waals surface area contributed by atoms with Gasteiger partial charge >= 0.3 is 6.03 Å². The zero-order valence-electron chi connectivity index (χ0n) is 21.3. The Balaban J connectivity index is 1.44. The van der Waals surface area contributed by atoms with Crippen LogP contribution >= 0.6 is 34.5 Å². The third-order valence-corrected chi connectivity index (χ3v) is 7.24. The van der Waals surface area contributed by atoms with Crippen LogP contribution in [0.3, 0.4) is 0 Å². The Hall–Kier alpha value is -2.89. The average molecular weight is 567 g/mol. The lowest BCUT2D eigenvalue weighted by Gasteiger charge is -2.40. The van der Waals surface area contributed by atoms with Crippen molar-refractivity contribution in [3.63, 3.8) is 0 Å². The minimum Gasteiger partial charge on any atom is -0.490 e. The number of amides is 4. The molecule has 2 unspecified atom stereocenters. The standard InChI is InChI=1S/C24H28Cl2N6O4S/c1-12-18-19(21(34)31(6)23(35)30(18)5)32(29-12)9-17(33)28-22-27-16(10-37-22)13-7-14(25)20(15(26)8-13)36-11-24(2,3)4/h7-8,10,18-19H,9,11H2,1-6H3,(H,27,28,33). The van der Waals surface area contributed by atoms with Crippen molar-refractivity contribution in [3.05, 3.63) is 27.6 Å². The number of fused-ring (bicyclic) bond motifs is 1. The van der Waals surface area contributed by atoms with Gasteiger partial charge in [0.25, 0.3) is 5.91 Å². The number of hydrogen-bond donors (Lipinski definition) is 1. The number of likely N-dealkylation sites (N-methyl/N-ethyl adjacent to an activating group) is 2. The van der Waals surface area contributed by atoms with E-state index in [1.54, 1.807) is 31.5 Å². The number of thiazole rings is 1. The Morgan fingerprint density at radius 2 is 1.81 bits per heavy atom. The van der Waals surface area contributed by atoms with Gasteiger partial charge in [0.1, 0.15) is 12.6 Å². The molecule has 2 aromatic rings. The second kappa shape index (κ2) is 10.1. The van der Waals surface area contributed by atoms with Crippen molar-refractivity contribution in [3.8, 4) is 17.0 Å². The van der Waals surface area contributed by atoms with Crippen LogP contribution in [0.4, 0.5) is 9.93 Å². The van der Waals surface area contributed by atoms with Gasteiger partial charge < -0.3 is 15.0 Å². The van der Waals surface area contributed by atoms with Crippen molar-refractivity contribution in [1.82, 2.24) is 19.8 Å². The fourth-order valence-electron chi connectivity index (χ4n) is 4.16. The Labute approximate surface area is 229 Å². The number of aromatic nitrogens is 1. The second-order valence-corrected chi connectivity index (χ2v) is 11.9. The first-order valence-electron chi connectivity index (χ1n) is 11.5. The number of hydrogen-bond acceptors (Lipinski definition) is 8. The summed E-state index contributed by atoms with van der Waals surface area (Å²) in [4.78, 5) is 44.9. The van der Waals surface area contributed by atoms with Gasteiger partial charge in [-0.25, -0.2) is 9.78 Å². The van der Waals surface area contributed by atoms with Crippen molar-refractivity contribution in [2.75, 3.05) is 32.6 Å². The fraction of sp³-hybridized carbons (Fsp3) is 0.458. The molecule has 0 bridgehead atoms. The van der Waals surface area contributed by atoms with Gasteiger partial charge in [-0.3, -0.25) is 19.5 Å². The smallest absolute Gasteiger partial charge is 0.326 e. The van der Waals surface area contributed by atoms with E-state index in [-0.39, 0.29) is 12.0 Å². The van der Waals surface area contributed by atoms with Crippen molar-refractivity contribution < 1.29 is 19.1 Å². The van der Waals surface area contributed by atoms with Crippen LogP contribution in [0, 0.1) is 5.41 Å². The Kier molecular flexibility index (Phi) is 7.42. The topological polar surface area (TPSA) is 107 Å². The normalized spacial score (nSPS) is 19.8. The molecule has 4 amide bonds.